The van der Waals surface area contributed by atoms with Crippen LogP contribution >= 0.6 is 0 Å². The summed E-state index contributed by atoms with van der Waals surface area (Å²) in [7, 11) is 1.76. The van der Waals surface area contributed by atoms with E-state index in [0.29, 0.717) is 6.54 Å². The van der Waals surface area contributed by atoms with Crippen LogP contribution in [0.25, 0.3) is 0 Å². The van der Waals surface area contributed by atoms with Gasteiger partial charge in [0.2, 0.25) is 0 Å². The summed E-state index contributed by atoms with van der Waals surface area (Å²) in [5.41, 5.74) is 1.30. The molecule has 0 radical (unpaired) electrons. The fourth-order valence-corrected chi connectivity index (χ4v) is 2.03. The van der Waals surface area contributed by atoms with E-state index in [4.69, 9.17) is 4.74 Å². The third-order valence-electron chi connectivity index (χ3n) is 3.31. The van der Waals surface area contributed by atoms with E-state index >= 15 is 0 Å². The monoisotopic (exact) mass is 291 g/mol. The Kier molecular flexibility index (Phi) is 7.23. The summed E-state index contributed by atoms with van der Waals surface area (Å²) in [5.74, 6) is 0.827. The number of rotatable bonds is 6. The molecule has 0 fully saturated rings. The van der Waals surface area contributed by atoms with Crippen LogP contribution in [0.5, 0.6) is 0 Å². The largest absolute Gasteiger partial charge is 0.379 e. The van der Waals surface area contributed by atoms with E-state index in [2.05, 4.69) is 55.5 Å². The van der Waals surface area contributed by atoms with Gasteiger partial charge in [-0.1, -0.05) is 51.1 Å². The number of benzene rings is 1. The molecule has 4 heteroatoms. The van der Waals surface area contributed by atoms with Crippen LogP contribution in [0.15, 0.2) is 35.3 Å². The lowest BCUT2D eigenvalue weighted by Gasteiger charge is -2.30. The van der Waals surface area contributed by atoms with Gasteiger partial charge in [-0.05, 0) is 17.9 Å². The molecule has 0 aliphatic rings. The maximum Gasteiger partial charge on any atom is 0.191 e. The number of methoxy groups -OCH3 is 1. The van der Waals surface area contributed by atoms with Crippen molar-refractivity contribution in [3.05, 3.63) is 35.9 Å². The molecule has 118 valence electrons. The number of nitrogens with one attached hydrogen (secondary N) is 2. The van der Waals surface area contributed by atoms with E-state index in [1.165, 1.54) is 5.56 Å². The predicted octanol–water partition coefficient (Wildman–Crippen LogP) is 2.80. The quantitative estimate of drug-likeness (QED) is 0.626. The van der Waals surface area contributed by atoms with Gasteiger partial charge in [-0.25, -0.2) is 4.99 Å². The van der Waals surface area contributed by atoms with Crippen LogP contribution in [0.3, 0.4) is 0 Å². The minimum absolute atomic E-state index is 0.0957. The number of guanidine groups is 1. The average molecular weight is 291 g/mol. The van der Waals surface area contributed by atoms with E-state index in [0.717, 1.165) is 19.0 Å². The van der Waals surface area contributed by atoms with Crippen molar-refractivity contribution in [2.45, 2.75) is 40.3 Å². The van der Waals surface area contributed by atoms with Crippen molar-refractivity contribution in [3.63, 3.8) is 0 Å². The van der Waals surface area contributed by atoms with Gasteiger partial charge in [0.15, 0.2) is 5.96 Å². The highest BCUT2D eigenvalue weighted by Crippen LogP contribution is 2.20. The Bertz CT molecular complexity index is 423. The van der Waals surface area contributed by atoms with Gasteiger partial charge < -0.3 is 15.4 Å². The van der Waals surface area contributed by atoms with Crippen molar-refractivity contribution in [1.29, 1.82) is 0 Å². The summed E-state index contributed by atoms with van der Waals surface area (Å²) in [5, 5.41) is 6.63. The molecular weight excluding hydrogens is 262 g/mol. The van der Waals surface area contributed by atoms with Gasteiger partial charge in [0.05, 0.1) is 12.6 Å². The van der Waals surface area contributed by atoms with Gasteiger partial charge in [-0.15, -0.1) is 0 Å². The molecule has 21 heavy (non-hydrogen) atoms. The second kappa shape index (κ2) is 8.67. The number of hydrogen-bond acceptors (Lipinski definition) is 2. The molecule has 0 aliphatic heterocycles. The van der Waals surface area contributed by atoms with E-state index < -0.39 is 0 Å². The standard InChI is InChI=1S/C17H29N3O/c1-6-18-16(19-12-14-10-8-7-9-11-14)20-13-15(21-5)17(2,3)4/h7-11,15H,6,12-13H2,1-5H3,(H2,18,19,20). The first-order valence-corrected chi connectivity index (χ1v) is 7.56. The summed E-state index contributed by atoms with van der Waals surface area (Å²) in [4.78, 5) is 4.61. The number of hydrogen-bond donors (Lipinski definition) is 2. The van der Waals surface area contributed by atoms with Crippen LogP contribution in [-0.2, 0) is 11.3 Å². The van der Waals surface area contributed by atoms with Gasteiger partial charge >= 0.3 is 0 Å². The van der Waals surface area contributed by atoms with Crippen LogP contribution in [-0.4, -0.2) is 32.3 Å². The van der Waals surface area contributed by atoms with Crippen LogP contribution in [0.4, 0.5) is 0 Å². The number of ether oxygens (including phenoxy) is 1. The SMILES string of the molecule is CCNC(=NCc1ccccc1)NCC(OC)C(C)(C)C. The lowest BCUT2D eigenvalue weighted by atomic mass is 9.89. The summed E-state index contributed by atoms with van der Waals surface area (Å²) in [6, 6.07) is 10.3. The minimum Gasteiger partial charge on any atom is -0.379 e. The fourth-order valence-electron chi connectivity index (χ4n) is 2.03. The first kappa shape index (κ1) is 17.5. The zero-order chi connectivity index (χ0) is 15.7. The van der Waals surface area contributed by atoms with Gasteiger partial charge in [-0.2, -0.15) is 0 Å². The maximum absolute atomic E-state index is 5.56. The summed E-state index contributed by atoms with van der Waals surface area (Å²) >= 11 is 0. The first-order chi connectivity index (χ1) is 9.97. The second-order valence-corrected chi connectivity index (χ2v) is 6.15. The first-order valence-electron chi connectivity index (χ1n) is 7.56. The molecule has 0 bridgehead atoms. The van der Waals surface area contributed by atoms with E-state index in [1.54, 1.807) is 7.11 Å². The Morgan fingerprint density at radius 1 is 1.19 bits per heavy atom. The van der Waals surface area contributed by atoms with Crippen molar-refractivity contribution in [3.8, 4) is 0 Å². The molecule has 0 aliphatic carbocycles. The third-order valence-corrected chi connectivity index (χ3v) is 3.31. The molecule has 0 heterocycles. The molecule has 4 nitrogen and oxygen atoms in total. The molecular formula is C17H29N3O. The Hall–Kier alpha value is -1.55. The summed E-state index contributed by atoms with van der Waals surface area (Å²) < 4.78 is 5.56. The van der Waals surface area contributed by atoms with Crippen molar-refractivity contribution in [1.82, 2.24) is 10.6 Å². The van der Waals surface area contributed by atoms with Crippen molar-refractivity contribution in [2.24, 2.45) is 10.4 Å². The molecule has 2 N–H and O–H groups in total. The second-order valence-electron chi connectivity index (χ2n) is 6.15. The van der Waals surface area contributed by atoms with Crippen molar-refractivity contribution >= 4 is 5.96 Å². The van der Waals surface area contributed by atoms with Crippen LogP contribution in [0.2, 0.25) is 0 Å². The zero-order valence-corrected chi connectivity index (χ0v) is 13.9. The van der Waals surface area contributed by atoms with Crippen LogP contribution < -0.4 is 10.6 Å². The lowest BCUT2D eigenvalue weighted by molar-refractivity contribution is 0.0205. The molecule has 1 aromatic carbocycles. The summed E-state index contributed by atoms with van der Waals surface area (Å²) in [6.45, 7) is 10.8. The smallest absolute Gasteiger partial charge is 0.191 e. The molecule has 0 saturated heterocycles. The van der Waals surface area contributed by atoms with Gasteiger partial charge in [0, 0.05) is 20.2 Å². The third kappa shape index (κ3) is 6.63. The molecule has 1 atom stereocenters. The van der Waals surface area contributed by atoms with Crippen LogP contribution in [0, 0.1) is 5.41 Å². The topological polar surface area (TPSA) is 45.7 Å². The Labute approximate surface area is 129 Å². The molecule has 0 saturated carbocycles. The molecule has 0 amide bonds. The molecule has 0 spiro atoms. The Balaban J connectivity index is 2.60. The van der Waals surface area contributed by atoms with Gasteiger partial charge in [-0.3, -0.25) is 0 Å². The predicted molar refractivity (Wildman–Crippen MR) is 89.5 cm³/mol. The summed E-state index contributed by atoms with van der Waals surface area (Å²) in [6.07, 6.45) is 0.137. The molecule has 1 unspecified atom stereocenters. The highest BCUT2D eigenvalue weighted by Gasteiger charge is 2.24. The Morgan fingerprint density at radius 2 is 1.86 bits per heavy atom. The van der Waals surface area contributed by atoms with E-state index in [9.17, 15) is 0 Å². The zero-order valence-electron chi connectivity index (χ0n) is 13.9. The molecule has 1 rings (SSSR count). The van der Waals surface area contributed by atoms with Gasteiger partial charge in [0.1, 0.15) is 0 Å². The normalized spacial score (nSPS) is 13.9. The number of aliphatic imine (C=N–C) groups is 1. The van der Waals surface area contributed by atoms with Crippen molar-refractivity contribution in [2.75, 3.05) is 20.2 Å². The average Bonchev–Trinajstić information content (AvgIpc) is 2.45. The molecule has 0 aromatic heterocycles. The Morgan fingerprint density at radius 3 is 2.38 bits per heavy atom. The van der Waals surface area contributed by atoms with Crippen molar-refractivity contribution < 1.29 is 4.74 Å². The van der Waals surface area contributed by atoms with Crippen LogP contribution in [0.1, 0.15) is 33.3 Å². The highest BCUT2D eigenvalue weighted by molar-refractivity contribution is 5.79. The maximum atomic E-state index is 5.56. The lowest BCUT2D eigenvalue weighted by Crippen LogP contribution is -2.45. The van der Waals surface area contributed by atoms with E-state index in [1.807, 2.05) is 18.2 Å². The highest BCUT2D eigenvalue weighted by atomic mass is 16.5. The van der Waals surface area contributed by atoms with Gasteiger partial charge in [0.25, 0.3) is 0 Å². The number of nitrogens with zero attached hydrogens (tertiary/aromatic N) is 1. The fraction of sp³-hybridized carbons (Fsp3) is 0.588. The van der Waals surface area contributed by atoms with E-state index in [-0.39, 0.29) is 11.5 Å². The molecule has 1 aromatic rings. The minimum atomic E-state index is 0.0957.